The van der Waals surface area contributed by atoms with Crippen molar-refractivity contribution in [1.29, 1.82) is 0 Å². The highest BCUT2D eigenvalue weighted by molar-refractivity contribution is 7.90. The van der Waals surface area contributed by atoms with Crippen LogP contribution in [0.2, 0.25) is 0 Å². The van der Waals surface area contributed by atoms with Gasteiger partial charge >= 0.3 is 5.97 Å². The van der Waals surface area contributed by atoms with E-state index in [1.54, 1.807) is 6.07 Å². The van der Waals surface area contributed by atoms with Gasteiger partial charge in [0.2, 0.25) is 0 Å². The average molecular weight is 270 g/mol. The van der Waals surface area contributed by atoms with Gasteiger partial charge in [-0.15, -0.1) is 0 Å². The van der Waals surface area contributed by atoms with Crippen LogP contribution in [0.4, 0.5) is 0 Å². The Labute approximate surface area is 105 Å². The molecule has 1 saturated carbocycles. The first kappa shape index (κ1) is 12.9. The minimum Gasteiger partial charge on any atom is -0.495 e. The van der Waals surface area contributed by atoms with Crippen LogP contribution >= 0.6 is 0 Å². The molecule has 0 amide bonds. The summed E-state index contributed by atoms with van der Waals surface area (Å²) in [6, 6.07) is 4.48. The quantitative estimate of drug-likeness (QED) is 0.889. The fourth-order valence-corrected chi connectivity index (χ4v) is 2.85. The van der Waals surface area contributed by atoms with E-state index in [9.17, 15) is 18.3 Å². The molecular weight excluding hydrogens is 256 g/mol. The summed E-state index contributed by atoms with van der Waals surface area (Å²) in [5, 5.41) is 9.19. The second kappa shape index (κ2) is 3.98. The van der Waals surface area contributed by atoms with Crippen molar-refractivity contribution in [1.82, 2.24) is 0 Å². The number of methoxy groups -OCH3 is 1. The van der Waals surface area contributed by atoms with E-state index in [2.05, 4.69) is 0 Å². The van der Waals surface area contributed by atoms with Crippen molar-refractivity contribution in [2.45, 2.75) is 23.2 Å². The van der Waals surface area contributed by atoms with Gasteiger partial charge in [-0.2, -0.15) is 0 Å². The molecule has 6 heteroatoms. The molecule has 1 aliphatic carbocycles. The molecule has 0 atom stereocenters. The van der Waals surface area contributed by atoms with Gasteiger partial charge in [0.15, 0.2) is 9.84 Å². The lowest BCUT2D eigenvalue weighted by Crippen LogP contribution is -2.19. The third kappa shape index (κ3) is 1.96. The van der Waals surface area contributed by atoms with Gasteiger partial charge < -0.3 is 9.84 Å². The molecular formula is C12H14O5S. The van der Waals surface area contributed by atoms with Crippen LogP contribution in [0.25, 0.3) is 0 Å². The maximum atomic E-state index is 11.5. The number of sulfone groups is 1. The number of carbonyl (C=O) groups is 1. The Morgan fingerprint density at radius 2 is 2.00 bits per heavy atom. The van der Waals surface area contributed by atoms with Crippen molar-refractivity contribution in [3.63, 3.8) is 0 Å². The van der Waals surface area contributed by atoms with E-state index in [0.29, 0.717) is 18.4 Å². The number of aliphatic carboxylic acids is 1. The number of hydrogen-bond donors (Lipinski definition) is 1. The van der Waals surface area contributed by atoms with Gasteiger partial charge in [0.05, 0.1) is 12.5 Å². The summed E-state index contributed by atoms with van der Waals surface area (Å²) in [5.74, 6) is -0.681. The second-order valence-electron chi connectivity index (χ2n) is 4.53. The first-order chi connectivity index (χ1) is 8.31. The zero-order valence-electron chi connectivity index (χ0n) is 10.1. The van der Waals surface area contributed by atoms with Crippen LogP contribution < -0.4 is 4.74 Å². The minimum atomic E-state index is -3.38. The van der Waals surface area contributed by atoms with Crippen LogP contribution in [0, 0.1) is 0 Å². The van der Waals surface area contributed by atoms with E-state index in [-0.39, 0.29) is 10.6 Å². The van der Waals surface area contributed by atoms with Crippen LogP contribution in [0.15, 0.2) is 23.1 Å². The smallest absolute Gasteiger partial charge is 0.314 e. The summed E-state index contributed by atoms with van der Waals surface area (Å²) in [4.78, 5) is 11.3. The lowest BCUT2D eigenvalue weighted by atomic mass is 9.96. The third-order valence-corrected chi connectivity index (χ3v) is 4.41. The fraction of sp³-hybridized carbons (Fsp3) is 0.417. The number of hydrogen-bond acceptors (Lipinski definition) is 4. The lowest BCUT2D eigenvalue weighted by Gasteiger charge is -2.13. The van der Waals surface area contributed by atoms with Gasteiger partial charge in [-0.3, -0.25) is 4.79 Å². The molecule has 0 heterocycles. The Hall–Kier alpha value is -1.56. The van der Waals surface area contributed by atoms with Gasteiger partial charge in [-0.1, -0.05) is 6.07 Å². The van der Waals surface area contributed by atoms with Gasteiger partial charge in [0, 0.05) is 6.26 Å². The number of benzene rings is 1. The Morgan fingerprint density at radius 3 is 2.39 bits per heavy atom. The number of ether oxygens (including phenoxy) is 1. The summed E-state index contributed by atoms with van der Waals surface area (Å²) < 4.78 is 28.1. The molecule has 0 radical (unpaired) electrons. The van der Waals surface area contributed by atoms with E-state index in [4.69, 9.17) is 4.74 Å². The molecule has 5 nitrogen and oxygen atoms in total. The molecule has 0 spiro atoms. The molecule has 1 N–H and O–H groups in total. The maximum Gasteiger partial charge on any atom is 0.314 e. The Bertz CT molecular complexity index is 599. The molecule has 0 aromatic heterocycles. The van der Waals surface area contributed by atoms with Crippen molar-refractivity contribution >= 4 is 15.8 Å². The van der Waals surface area contributed by atoms with Crippen molar-refractivity contribution in [3.8, 4) is 5.75 Å². The van der Waals surface area contributed by atoms with Gasteiger partial charge in [-0.25, -0.2) is 8.42 Å². The molecule has 0 saturated heterocycles. The van der Waals surface area contributed by atoms with Crippen molar-refractivity contribution in [2.24, 2.45) is 0 Å². The Morgan fingerprint density at radius 1 is 1.39 bits per heavy atom. The Kier molecular flexibility index (Phi) is 2.85. The number of carboxylic acid groups (broad SMARTS) is 1. The van der Waals surface area contributed by atoms with Gasteiger partial charge in [0.25, 0.3) is 0 Å². The average Bonchev–Trinajstić information content (AvgIpc) is 3.08. The molecule has 0 bridgehead atoms. The summed E-state index contributed by atoms with van der Waals surface area (Å²) in [7, 11) is -2.01. The van der Waals surface area contributed by atoms with Crippen molar-refractivity contribution < 1.29 is 23.1 Å². The third-order valence-electron chi connectivity index (χ3n) is 3.28. The van der Waals surface area contributed by atoms with Crippen LogP contribution in [-0.2, 0) is 20.0 Å². The summed E-state index contributed by atoms with van der Waals surface area (Å²) in [6.45, 7) is 0. The normalized spacial score (nSPS) is 17.2. The van der Waals surface area contributed by atoms with E-state index in [1.165, 1.54) is 19.2 Å². The highest BCUT2D eigenvalue weighted by Crippen LogP contribution is 2.49. The van der Waals surface area contributed by atoms with Crippen molar-refractivity contribution in [3.05, 3.63) is 23.8 Å². The van der Waals surface area contributed by atoms with E-state index >= 15 is 0 Å². The van der Waals surface area contributed by atoms with Gasteiger partial charge in [0.1, 0.15) is 10.6 Å². The van der Waals surface area contributed by atoms with E-state index < -0.39 is 21.2 Å². The molecule has 1 aromatic carbocycles. The zero-order valence-corrected chi connectivity index (χ0v) is 11.0. The topological polar surface area (TPSA) is 80.7 Å². The summed E-state index contributed by atoms with van der Waals surface area (Å²) in [5.41, 5.74) is -0.261. The SMILES string of the molecule is COc1cc(C2(C(=O)O)CC2)ccc1S(C)(=O)=O. The molecule has 1 aliphatic rings. The van der Waals surface area contributed by atoms with Crippen LogP contribution in [0.1, 0.15) is 18.4 Å². The largest absolute Gasteiger partial charge is 0.495 e. The highest BCUT2D eigenvalue weighted by Gasteiger charge is 2.52. The maximum absolute atomic E-state index is 11.5. The molecule has 98 valence electrons. The standard InChI is InChI=1S/C12H14O5S/c1-17-9-7-8(12(5-6-12)11(13)14)3-4-10(9)18(2,15)16/h3-4,7H,5-6H2,1-2H3,(H,13,14). The summed E-state index contributed by atoms with van der Waals surface area (Å²) in [6.07, 6.45) is 2.24. The van der Waals surface area contributed by atoms with Gasteiger partial charge in [-0.05, 0) is 30.5 Å². The number of carboxylic acids is 1. The summed E-state index contributed by atoms with van der Waals surface area (Å²) >= 11 is 0. The first-order valence-electron chi connectivity index (χ1n) is 5.43. The van der Waals surface area contributed by atoms with E-state index in [1.807, 2.05) is 0 Å². The highest BCUT2D eigenvalue weighted by atomic mass is 32.2. The minimum absolute atomic E-state index is 0.0786. The molecule has 1 aromatic rings. The second-order valence-corrected chi connectivity index (χ2v) is 6.51. The molecule has 0 unspecified atom stereocenters. The molecule has 1 fully saturated rings. The monoisotopic (exact) mass is 270 g/mol. The molecule has 0 aliphatic heterocycles. The number of rotatable bonds is 4. The van der Waals surface area contributed by atoms with Crippen LogP contribution in [0.3, 0.4) is 0 Å². The first-order valence-corrected chi connectivity index (χ1v) is 7.32. The fourth-order valence-electron chi connectivity index (χ4n) is 2.02. The predicted molar refractivity (Wildman–Crippen MR) is 64.7 cm³/mol. The molecule has 18 heavy (non-hydrogen) atoms. The lowest BCUT2D eigenvalue weighted by molar-refractivity contribution is -0.140. The zero-order chi connectivity index (χ0) is 13.6. The molecule has 2 rings (SSSR count). The van der Waals surface area contributed by atoms with E-state index in [0.717, 1.165) is 6.26 Å². The predicted octanol–water partition coefficient (Wildman–Crippen LogP) is 1.21. The Balaban J connectivity index is 2.53. The van der Waals surface area contributed by atoms with Crippen LogP contribution in [0.5, 0.6) is 5.75 Å². The van der Waals surface area contributed by atoms with Crippen molar-refractivity contribution in [2.75, 3.05) is 13.4 Å². The van der Waals surface area contributed by atoms with Crippen LogP contribution in [-0.4, -0.2) is 32.9 Å².